The Kier molecular flexibility index (Phi) is 3.19. The molecule has 84 valence electrons. The Labute approximate surface area is 93.6 Å². The van der Waals surface area contributed by atoms with Gasteiger partial charge >= 0.3 is 0 Å². The first-order chi connectivity index (χ1) is 7.81. The third-order valence-corrected chi connectivity index (χ3v) is 2.85. The Balaban J connectivity index is 2.82. The van der Waals surface area contributed by atoms with Gasteiger partial charge in [-0.3, -0.25) is 0 Å². The molecule has 0 fully saturated rings. The van der Waals surface area contributed by atoms with Gasteiger partial charge in [-0.2, -0.15) is 0 Å². The summed E-state index contributed by atoms with van der Waals surface area (Å²) in [4.78, 5) is 0. The molecule has 0 aromatic heterocycles. The highest BCUT2D eigenvalue weighted by Gasteiger charge is 2.11. The molecular formula is C13H14O3. The molecule has 2 aromatic rings. The highest BCUT2D eigenvalue weighted by atomic mass is 16.3. The molecule has 3 N–H and O–H groups in total. The third kappa shape index (κ3) is 1.69. The SMILES string of the molecule is OCc1cc2ccccc2c(CO)c1CO. The molecule has 3 nitrogen and oxygen atoms in total. The fourth-order valence-corrected chi connectivity index (χ4v) is 2.05. The number of aliphatic hydroxyl groups is 3. The van der Waals surface area contributed by atoms with Gasteiger partial charge in [0.1, 0.15) is 0 Å². The van der Waals surface area contributed by atoms with Crippen LogP contribution >= 0.6 is 0 Å². The lowest BCUT2D eigenvalue weighted by molar-refractivity contribution is 0.249. The van der Waals surface area contributed by atoms with E-state index in [2.05, 4.69) is 0 Å². The first-order valence-corrected chi connectivity index (χ1v) is 5.16. The Morgan fingerprint density at radius 1 is 0.812 bits per heavy atom. The van der Waals surface area contributed by atoms with E-state index in [1.54, 1.807) is 0 Å². The molecule has 0 saturated carbocycles. The molecule has 0 atom stereocenters. The van der Waals surface area contributed by atoms with Crippen molar-refractivity contribution in [2.45, 2.75) is 19.8 Å². The highest BCUT2D eigenvalue weighted by molar-refractivity contribution is 5.87. The molecule has 0 saturated heterocycles. The Morgan fingerprint density at radius 2 is 1.50 bits per heavy atom. The van der Waals surface area contributed by atoms with Crippen molar-refractivity contribution in [1.29, 1.82) is 0 Å². The van der Waals surface area contributed by atoms with Crippen molar-refractivity contribution in [3.05, 3.63) is 47.0 Å². The van der Waals surface area contributed by atoms with E-state index in [9.17, 15) is 15.3 Å². The summed E-state index contributed by atoms with van der Waals surface area (Å²) in [7, 11) is 0. The number of aliphatic hydroxyl groups excluding tert-OH is 3. The minimum Gasteiger partial charge on any atom is -0.392 e. The van der Waals surface area contributed by atoms with Gasteiger partial charge in [-0.15, -0.1) is 0 Å². The van der Waals surface area contributed by atoms with Gasteiger partial charge in [0.25, 0.3) is 0 Å². The molecule has 0 aliphatic heterocycles. The van der Waals surface area contributed by atoms with E-state index in [0.717, 1.165) is 10.8 Å². The molecule has 0 amide bonds. The fraction of sp³-hybridized carbons (Fsp3) is 0.231. The summed E-state index contributed by atoms with van der Waals surface area (Å²) < 4.78 is 0. The zero-order valence-electron chi connectivity index (χ0n) is 8.85. The van der Waals surface area contributed by atoms with E-state index in [0.29, 0.717) is 16.7 Å². The van der Waals surface area contributed by atoms with Crippen molar-refractivity contribution >= 4 is 10.8 Å². The molecule has 0 aliphatic carbocycles. The minimum atomic E-state index is -0.170. The summed E-state index contributed by atoms with van der Waals surface area (Å²) in [5.74, 6) is 0. The van der Waals surface area contributed by atoms with Crippen LogP contribution in [0.25, 0.3) is 10.8 Å². The smallest absolute Gasteiger partial charge is 0.0691 e. The number of rotatable bonds is 3. The van der Waals surface area contributed by atoms with Crippen LogP contribution in [-0.2, 0) is 19.8 Å². The summed E-state index contributed by atoms with van der Waals surface area (Å²) in [6.07, 6.45) is 0. The molecule has 0 radical (unpaired) electrons. The summed E-state index contributed by atoms with van der Waals surface area (Å²) in [5.41, 5.74) is 2.00. The fourth-order valence-electron chi connectivity index (χ4n) is 2.05. The van der Waals surface area contributed by atoms with Crippen LogP contribution in [0.3, 0.4) is 0 Å². The van der Waals surface area contributed by atoms with E-state index >= 15 is 0 Å². The second kappa shape index (κ2) is 4.61. The second-order valence-corrected chi connectivity index (χ2v) is 3.69. The van der Waals surface area contributed by atoms with Crippen LogP contribution in [0.5, 0.6) is 0 Å². The molecule has 0 unspecified atom stereocenters. The van der Waals surface area contributed by atoms with Crippen LogP contribution in [0, 0.1) is 0 Å². The third-order valence-electron chi connectivity index (χ3n) is 2.85. The van der Waals surface area contributed by atoms with Crippen molar-refractivity contribution < 1.29 is 15.3 Å². The molecule has 2 rings (SSSR count). The zero-order chi connectivity index (χ0) is 11.5. The molecule has 0 aliphatic rings. The van der Waals surface area contributed by atoms with Crippen LogP contribution in [0.1, 0.15) is 16.7 Å². The number of fused-ring (bicyclic) bond motifs is 1. The Bertz CT molecular complexity index is 506. The highest BCUT2D eigenvalue weighted by Crippen LogP contribution is 2.26. The van der Waals surface area contributed by atoms with E-state index in [4.69, 9.17) is 0 Å². The first-order valence-electron chi connectivity index (χ1n) is 5.16. The maximum absolute atomic E-state index is 9.37. The standard InChI is InChI=1S/C13H14O3/c14-6-10-5-9-3-1-2-4-11(9)13(8-16)12(10)7-15/h1-5,14-16H,6-8H2. The van der Waals surface area contributed by atoms with Crippen molar-refractivity contribution in [1.82, 2.24) is 0 Å². The summed E-state index contributed by atoms with van der Waals surface area (Å²) in [6, 6.07) is 9.47. The van der Waals surface area contributed by atoms with Crippen molar-refractivity contribution in [3.8, 4) is 0 Å². The quantitative estimate of drug-likeness (QED) is 0.728. The van der Waals surface area contributed by atoms with Crippen LogP contribution in [0.15, 0.2) is 30.3 Å². The topological polar surface area (TPSA) is 60.7 Å². The van der Waals surface area contributed by atoms with Gasteiger partial charge in [-0.25, -0.2) is 0 Å². The normalized spacial score (nSPS) is 10.9. The monoisotopic (exact) mass is 218 g/mol. The lowest BCUT2D eigenvalue weighted by Crippen LogP contribution is -2.01. The van der Waals surface area contributed by atoms with Gasteiger partial charge in [0.15, 0.2) is 0 Å². The molecule has 0 spiro atoms. The van der Waals surface area contributed by atoms with Crippen LogP contribution in [0.2, 0.25) is 0 Å². The molecular weight excluding hydrogens is 204 g/mol. The first kappa shape index (κ1) is 11.1. The summed E-state index contributed by atoms with van der Waals surface area (Å²) in [5, 5.41) is 29.8. The lowest BCUT2D eigenvalue weighted by atomic mass is 9.95. The molecule has 0 heterocycles. The van der Waals surface area contributed by atoms with Gasteiger partial charge < -0.3 is 15.3 Å². The molecule has 16 heavy (non-hydrogen) atoms. The van der Waals surface area contributed by atoms with Crippen LogP contribution in [0.4, 0.5) is 0 Å². The lowest BCUT2D eigenvalue weighted by Gasteiger charge is -2.13. The van der Waals surface area contributed by atoms with Crippen molar-refractivity contribution in [2.75, 3.05) is 0 Å². The van der Waals surface area contributed by atoms with Crippen molar-refractivity contribution in [3.63, 3.8) is 0 Å². The molecule has 3 heteroatoms. The number of hydrogen-bond acceptors (Lipinski definition) is 3. The predicted molar refractivity (Wildman–Crippen MR) is 61.7 cm³/mol. The van der Waals surface area contributed by atoms with E-state index in [1.165, 1.54) is 0 Å². The van der Waals surface area contributed by atoms with Crippen LogP contribution in [-0.4, -0.2) is 15.3 Å². The second-order valence-electron chi connectivity index (χ2n) is 3.69. The maximum atomic E-state index is 9.37. The van der Waals surface area contributed by atoms with E-state index in [-0.39, 0.29) is 19.8 Å². The number of benzene rings is 2. The van der Waals surface area contributed by atoms with Crippen LogP contribution < -0.4 is 0 Å². The van der Waals surface area contributed by atoms with Gasteiger partial charge in [-0.1, -0.05) is 24.3 Å². The van der Waals surface area contributed by atoms with Gasteiger partial charge in [0.05, 0.1) is 19.8 Å². The van der Waals surface area contributed by atoms with E-state index < -0.39 is 0 Å². The van der Waals surface area contributed by atoms with Gasteiger partial charge in [0.2, 0.25) is 0 Å². The van der Waals surface area contributed by atoms with Gasteiger partial charge in [-0.05, 0) is 33.5 Å². The average Bonchev–Trinajstić information content (AvgIpc) is 2.36. The average molecular weight is 218 g/mol. The van der Waals surface area contributed by atoms with Gasteiger partial charge in [0, 0.05) is 0 Å². The predicted octanol–water partition coefficient (Wildman–Crippen LogP) is 1.32. The Morgan fingerprint density at radius 3 is 2.12 bits per heavy atom. The largest absolute Gasteiger partial charge is 0.392 e. The summed E-state index contributed by atoms with van der Waals surface area (Å²) in [6.45, 7) is -0.436. The van der Waals surface area contributed by atoms with Crippen molar-refractivity contribution in [2.24, 2.45) is 0 Å². The Hall–Kier alpha value is -1.42. The van der Waals surface area contributed by atoms with E-state index in [1.807, 2.05) is 30.3 Å². The summed E-state index contributed by atoms with van der Waals surface area (Å²) >= 11 is 0. The molecule has 2 aromatic carbocycles. The minimum absolute atomic E-state index is 0.131. The molecule has 0 bridgehead atoms. The zero-order valence-corrected chi connectivity index (χ0v) is 8.85. The number of hydrogen-bond donors (Lipinski definition) is 3. The maximum Gasteiger partial charge on any atom is 0.0691 e.